The molecule has 3 aromatic heterocycles. The molecule has 0 aromatic carbocycles. The summed E-state index contributed by atoms with van der Waals surface area (Å²) in [6.07, 6.45) is 5.04. The van der Waals surface area contributed by atoms with E-state index in [2.05, 4.69) is 15.0 Å². The van der Waals surface area contributed by atoms with Crippen molar-refractivity contribution in [3.63, 3.8) is 0 Å². The second-order valence-corrected chi connectivity index (χ2v) is 3.60. The first-order chi connectivity index (χ1) is 8.25. The first kappa shape index (κ1) is 9.59. The second-order valence-electron chi connectivity index (χ2n) is 3.60. The van der Waals surface area contributed by atoms with Gasteiger partial charge in [-0.1, -0.05) is 0 Å². The van der Waals surface area contributed by atoms with E-state index in [1.54, 1.807) is 41.2 Å². The number of hydrogen-bond acceptors (Lipinski definition) is 5. The number of aromatic nitrogens is 4. The fourth-order valence-electron chi connectivity index (χ4n) is 1.75. The third-order valence-electron chi connectivity index (χ3n) is 2.46. The molecule has 0 fully saturated rings. The Hall–Kier alpha value is -2.63. The molecule has 0 bridgehead atoms. The van der Waals surface area contributed by atoms with Crippen molar-refractivity contribution in [1.82, 2.24) is 19.4 Å². The van der Waals surface area contributed by atoms with E-state index in [-0.39, 0.29) is 0 Å². The number of nitrogens with zero attached hydrogens (tertiary/aromatic N) is 4. The molecule has 0 atom stereocenters. The summed E-state index contributed by atoms with van der Waals surface area (Å²) in [6, 6.07) is 5.33. The summed E-state index contributed by atoms with van der Waals surface area (Å²) in [5, 5.41) is 0. The molecule has 0 aliphatic rings. The number of hydrogen-bond donors (Lipinski definition) is 2. The number of anilines is 2. The molecule has 0 aliphatic heterocycles. The van der Waals surface area contributed by atoms with Gasteiger partial charge in [-0.3, -0.25) is 4.40 Å². The Kier molecular flexibility index (Phi) is 1.94. The zero-order chi connectivity index (χ0) is 11.8. The first-order valence-corrected chi connectivity index (χ1v) is 5.06. The van der Waals surface area contributed by atoms with Gasteiger partial charge in [0.25, 0.3) is 0 Å². The van der Waals surface area contributed by atoms with Gasteiger partial charge in [0.05, 0.1) is 11.9 Å². The van der Waals surface area contributed by atoms with Crippen LogP contribution in [0, 0.1) is 0 Å². The van der Waals surface area contributed by atoms with Crippen LogP contribution in [-0.2, 0) is 0 Å². The lowest BCUT2D eigenvalue weighted by atomic mass is 10.2. The highest BCUT2D eigenvalue weighted by Crippen LogP contribution is 2.24. The number of fused-ring (bicyclic) bond motifs is 1. The number of pyridine rings is 1. The molecule has 3 heterocycles. The first-order valence-electron chi connectivity index (χ1n) is 5.06. The minimum atomic E-state index is 0.438. The van der Waals surface area contributed by atoms with Gasteiger partial charge in [-0.2, -0.15) is 0 Å². The van der Waals surface area contributed by atoms with Crippen molar-refractivity contribution in [3.05, 3.63) is 36.8 Å². The van der Waals surface area contributed by atoms with Gasteiger partial charge in [0, 0.05) is 12.4 Å². The number of nitrogens with two attached hydrogens (primary N) is 2. The van der Waals surface area contributed by atoms with Crippen molar-refractivity contribution in [2.45, 2.75) is 0 Å². The predicted molar refractivity (Wildman–Crippen MR) is 65.0 cm³/mol. The van der Waals surface area contributed by atoms with Crippen LogP contribution in [0.25, 0.3) is 17.2 Å². The molecule has 0 radical (unpaired) electrons. The lowest BCUT2D eigenvalue weighted by molar-refractivity contribution is 1.10. The third kappa shape index (κ3) is 1.46. The molecular weight excluding hydrogens is 216 g/mol. The molecule has 3 rings (SSSR count). The summed E-state index contributed by atoms with van der Waals surface area (Å²) in [5.41, 5.74) is 13.6. The predicted octanol–water partition coefficient (Wildman–Crippen LogP) is 0.956. The summed E-state index contributed by atoms with van der Waals surface area (Å²) in [6.45, 7) is 0. The molecule has 6 nitrogen and oxygen atoms in total. The largest absolute Gasteiger partial charge is 0.397 e. The van der Waals surface area contributed by atoms with Gasteiger partial charge in [0.15, 0.2) is 5.82 Å². The number of nitrogen functional groups attached to an aromatic ring is 2. The third-order valence-corrected chi connectivity index (χ3v) is 2.46. The van der Waals surface area contributed by atoms with Crippen LogP contribution in [0.15, 0.2) is 36.8 Å². The average molecular weight is 226 g/mol. The van der Waals surface area contributed by atoms with E-state index in [1.807, 2.05) is 0 Å². The van der Waals surface area contributed by atoms with E-state index in [4.69, 9.17) is 11.5 Å². The lowest BCUT2D eigenvalue weighted by Gasteiger charge is -2.06. The maximum Gasteiger partial charge on any atom is 0.178 e. The van der Waals surface area contributed by atoms with E-state index in [9.17, 15) is 0 Å². The molecule has 3 aromatic rings. The maximum atomic E-state index is 5.96. The van der Waals surface area contributed by atoms with Crippen LogP contribution >= 0.6 is 0 Å². The van der Waals surface area contributed by atoms with Gasteiger partial charge in [0.1, 0.15) is 17.2 Å². The summed E-state index contributed by atoms with van der Waals surface area (Å²) < 4.78 is 1.79. The highest BCUT2D eigenvalue weighted by molar-refractivity contribution is 5.72. The van der Waals surface area contributed by atoms with Crippen molar-refractivity contribution in [3.8, 4) is 11.5 Å². The van der Waals surface area contributed by atoms with Gasteiger partial charge >= 0.3 is 0 Å². The second kappa shape index (κ2) is 3.44. The van der Waals surface area contributed by atoms with Crippen LogP contribution in [-0.4, -0.2) is 19.4 Å². The van der Waals surface area contributed by atoms with Crippen molar-refractivity contribution in [2.75, 3.05) is 11.5 Å². The highest BCUT2D eigenvalue weighted by atomic mass is 15.1. The fraction of sp³-hybridized carbons (Fsp3) is 0. The molecular formula is C11H10N6. The van der Waals surface area contributed by atoms with Gasteiger partial charge < -0.3 is 11.5 Å². The SMILES string of the molecule is Nc1cn2c(-c3ncccn3)c(N)ccc2n1. The lowest BCUT2D eigenvalue weighted by Crippen LogP contribution is -2.00. The van der Waals surface area contributed by atoms with E-state index in [1.165, 1.54) is 0 Å². The van der Waals surface area contributed by atoms with Crippen molar-refractivity contribution >= 4 is 17.2 Å². The Morgan fingerprint density at radius 1 is 1.06 bits per heavy atom. The molecule has 4 N–H and O–H groups in total. The number of imidazole rings is 1. The van der Waals surface area contributed by atoms with Crippen LogP contribution < -0.4 is 11.5 Å². The molecule has 84 valence electrons. The van der Waals surface area contributed by atoms with Crippen LogP contribution in [0.5, 0.6) is 0 Å². The van der Waals surface area contributed by atoms with Gasteiger partial charge in [-0.25, -0.2) is 15.0 Å². The van der Waals surface area contributed by atoms with E-state index >= 15 is 0 Å². The summed E-state index contributed by atoms with van der Waals surface area (Å²) in [4.78, 5) is 12.5. The Morgan fingerprint density at radius 2 is 1.82 bits per heavy atom. The highest BCUT2D eigenvalue weighted by Gasteiger charge is 2.11. The van der Waals surface area contributed by atoms with Crippen LogP contribution in [0.3, 0.4) is 0 Å². The van der Waals surface area contributed by atoms with Crippen LogP contribution in [0.4, 0.5) is 11.5 Å². The summed E-state index contributed by atoms with van der Waals surface area (Å²) >= 11 is 0. The van der Waals surface area contributed by atoms with E-state index < -0.39 is 0 Å². The standard InChI is InChI=1S/C11H10N6/c12-7-2-3-9-16-8(13)6-17(9)10(7)11-14-4-1-5-15-11/h1-6H,12-13H2. The monoisotopic (exact) mass is 226 g/mol. The Bertz CT molecular complexity index is 673. The summed E-state index contributed by atoms with van der Waals surface area (Å²) in [5.74, 6) is 0.987. The molecule has 0 aliphatic carbocycles. The Morgan fingerprint density at radius 3 is 2.59 bits per heavy atom. The molecule has 17 heavy (non-hydrogen) atoms. The maximum absolute atomic E-state index is 5.96. The smallest absolute Gasteiger partial charge is 0.178 e. The topological polar surface area (TPSA) is 95.1 Å². The van der Waals surface area contributed by atoms with Gasteiger partial charge in [-0.05, 0) is 18.2 Å². The molecule has 0 unspecified atom stereocenters. The van der Waals surface area contributed by atoms with Crippen LogP contribution in [0.2, 0.25) is 0 Å². The molecule has 0 saturated carbocycles. The normalized spacial score (nSPS) is 10.8. The number of rotatable bonds is 1. The molecule has 0 amide bonds. The minimum Gasteiger partial charge on any atom is -0.397 e. The Balaban J connectivity index is 2.38. The molecule has 6 heteroatoms. The van der Waals surface area contributed by atoms with Gasteiger partial charge in [-0.15, -0.1) is 0 Å². The van der Waals surface area contributed by atoms with E-state index in [0.29, 0.717) is 23.0 Å². The molecule has 0 saturated heterocycles. The van der Waals surface area contributed by atoms with Crippen molar-refractivity contribution in [2.24, 2.45) is 0 Å². The van der Waals surface area contributed by atoms with Crippen molar-refractivity contribution in [1.29, 1.82) is 0 Å². The summed E-state index contributed by atoms with van der Waals surface area (Å²) in [7, 11) is 0. The van der Waals surface area contributed by atoms with E-state index in [0.717, 1.165) is 5.65 Å². The average Bonchev–Trinajstić information content (AvgIpc) is 2.70. The minimum absolute atomic E-state index is 0.438. The van der Waals surface area contributed by atoms with Crippen LogP contribution in [0.1, 0.15) is 0 Å². The zero-order valence-electron chi connectivity index (χ0n) is 8.91. The zero-order valence-corrected chi connectivity index (χ0v) is 8.91. The Labute approximate surface area is 96.9 Å². The molecule has 0 spiro atoms. The quantitative estimate of drug-likeness (QED) is 0.644. The fourth-order valence-corrected chi connectivity index (χ4v) is 1.75. The van der Waals surface area contributed by atoms with Crippen molar-refractivity contribution < 1.29 is 0 Å². The van der Waals surface area contributed by atoms with Gasteiger partial charge in [0.2, 0.25) is 0 Å².